The van der Waals surface area contributed by atoms with Gasteiger partial charge in [-0.1, -0.05) is 6.07 Å². The Morgan fingerprint density at radius 1 is 0.729 bits per heavy atom. The van der Waals surface area contributed by atoms with Gasteiger partial charge in [-0.2, -0.15) is 25.3 Å². The Labute approximate surface area is 270 Å². The van der Waals surface area contributed by atoms with Gasteiger partial charge in [0, 0.05) is 39.2 Å². The summed E-state index contributed by atoms with van der Waals surface area (Å²) < 4.78 is 106. The first-order chi connectivity index (χ1) is 22.1. The highest BCUT2D eigenvalue weighted by Gasteiger charge is 2.27. The molecule has 5 N–H and O–H groups in total. The zero-order valence-corrected chi connectivity index (χ0v) is 26.6. The van der Waals surface area contributed by atoms with Gasteiger partial charge in [0.1, 0.15) is 9.79 Å². The summed E-state index contributed by atoms with van der Waals surface area (Å²) in [5.41, 5.74) is -1.71. The van der Waals surface area contributed by atoms with Crippen molar-refractivity contribution >= 4 is 76.0 Å². The molecule has 0 spiro atoms. The molecular formula is C27H21N3O15S3. The quantitative estimate of drug-likeness (QED) is 0.0717. The number of aryl methyl sites for hydroxylation is 1. The summed E-state index contributed by atoms with van der Waals surface area (Å²) in [6.45, 7) is 1.45. The Morgan fingerprint density at radius 2 is 1.33 bits per heavy atom. The van der Waals surface area contributed by atoms with Crippen LogP contribution in [0.2, 0.25) is 0 Å². The van der Waals surface area contributed by atoms with Gasteiger partial charge in [-0.3, -0.25) is 33.4 Å². The summed E-state index contributed by atoms with van der Waals surface area (Å²) >= 11 is 0. The van der Waals surface area contributed by atoms with Crippen molar-refractivity contribution in [2.24, 2.45) is 0 Å². The van der Waals surface area contributed by atoms with E-state index >= 15 is 0 Å². The molecule has 4 rings (SSSR count). The number of fused-ring (bicyclic) bond motifs is 1. The molecule has 4 aromatic carbocycles. The lowest BCUT2D eigenvalue weighted by Crippen LogP contribution is -2.17. The van der Waals surface area contributed by atoms with Crippen molar-refractivity contribution in [3.63, 3.8) is 0 Å². The molecule has 48 heavy (non-hydrogen) atoms. The normalized spacial score (nSPS) is 11.9. The van der Waals surface area contributed by atoms with Crippen molar-refractivity contribution in [2.45, 2.75) is 21.6 Å². The standard InChI is InChI=1S/C27H21N3O15S3/c1-13-3-4-14(10-21(13)30(34)35)25(31)28-17-8-15(7-16(9-17)27(33)45-2)26(32)29-20-5-6-22(47(39,40)41)19-11-18(46(36,37)38)12-23(24(19)20)48(42,43)44/h3-12H,1-2H3,(H,28,31)(H,29,32)(H,36,37,38)(H,39,40,41)(H,42,43,44). The molecule has 0 radical (unpaired) electrons. The lowest BCUT2D eigenvalue weighted by Gasteiger charge is -2.16. The number of nitrogens with zero attached hydrogens (tertiary/aromatic N) is 1. The molecule has 252 valence electrons. The van der Waals surface area contributed by atoms with Crippen LogP contribution < -0.4 is 10.6 Å². The second kappa shape index (κ2) is 12.7. The van der Waals surface area contributed by atoms with Crippen LogP contribution in [0.15, 0.2) is 75.4 Å². The van der Waals surface area contributed by atoms with E-state index in [1.54, 1.807) is 0 Å². The zero-order valence-electron chi connectivity index (χ0n) is 24.2. The van der Waals surface area contributed by atoms with E-state index in [0.29, 0.717) is 12.1 Å². The minimum atomic E-state index is -5.43. The Kier molecular flexibility index (Phi) is 9.41. The molecule has 0 aliphatic heterocycles. The van der Waals surface area contributed by atoms with Crippen LogP contribution in [-0.2, 0) is 35.1 Å². The number of nitrogens with one attached hydrogen (secondary N) is 2. The molecule has 0 bridgehead atoms. The monoisotopic (exact) mass is 723 g/mol. The van der Waals surface area contributed by atoms with E-state index in [1.165, 1.54) is 19.1 Å². The number of ether oxygens (including phenoxy) is 1. The number of methoxy groups -OCH3 is 1. The van der Waals surface area contributed by atoms with E-state index in [0.717, 1.165) is 37.4 Å². The van der Waals surface area contributed by atoms with E-state index in [9.17, 15) is 63.4 Å². The van der Waals surface area contributed by atoms with Crippen molar-refractivity contribution < 1.29 is 63.0 Å². The summed E-state index contributed by atoms with van der Waals surface area (Å²) in [5.74, 6) is -3.02. The van der Waals surface area contributed by atoms with Gasteiger partial charge in [-0.15, -0.1) is 0 Å². The van der Waals surface area contributed by atoms with Crippen LogP contribution in [0.1, 0.15) is 36.6 Å². The number of nitro benzene ring substituents is 1. The van der Waals surface area contributed by atoms with Crippen LogP contribution in [0.25, 0.3) is 10.8 Å². The third kappa shape index (κ3) is 7.46. The van der Waals surface area contributed by atoms with Crippen LogP contribution in [-0.4, -0.2) is 68.7 Å². The highest BCUT2D eigenvalue weighted by atomic mass is 32.2. The van der Waals surface area contributed by atoms with E-state index in [-0.39, 0.29) is 34.1 Å². The number of anilines is 2. The van der Waals surface area contributed by atoms with Gasteiger partial charge in [0.2, 0.25) is 0 Å². The number of esters is 1. The van der Waals surface area contributed by atoms with Crippen molar-refractivity contribution in [3.05, 3.63) is 93.0 Å². The predicted molar refractivity (Wildman–Crippen MR) is 165 cm³/mol. The summed E-state index contributed by atoms with van der Waals surface area (Å²) in [6.07, 6.45) is 0. The number of rotatable bonds is 9. The first kappa shape index (κ1) is 35.5. The third-order valence-electron chi connectivity index (χ3n) is 6.66. The predicted octanol–water partition coefficient (Wildman–Crippen LogP) is 3.09. The molecule has 0 aliphatic rings. The highest BCUT2D eigenvalue weighted by Crippen LogP contribution is 2.37. The number of hydrogen-bond acceptors (Lipinski definition) is 12. The molecule has 2 amide bonds. The topological polar surface area (TPSA) is 291 Å². The second-order valence-corrected chi connectivity index (χ2v) is 14.0. The maximum absolute atomic E-state index is 13.5. The van der Waals surface area contributed by atoms with Gasteiger partial charge in [0.25, 0.3) is 47.9 Å². The Bertz CT molecular complexity index is 2410. The molecule has 0 saturated heterocycles. The van der Waals surface area contributed by atoms with Crippen LogP contribution >= 0.6 is 0 Å². The number of nitro groups is 1. The first-order valence-electron chi connectivity index (χ1n) is 12.8. The number of carbonyl (C=O) groups is 3. The highest BCUT2D eigenvalue weighted by molar-refractivity contribution is 7.87. The molecule has 0 aliphatic carbocycles. The molecule has 0 heterocycles. The molecule has 4 aromatic rings. The molecule has 21 heteroatoms. The number of hydrogen-bond donors (Lipinski definition) is 5. The van der Waals surface area contributed by atoms with Gasteiger partial charge >= 0.3 is 5.97 Å². The van der Waals surface area contributed by atoms with Crippen molar-refractivity contribution in [1.82, 2.24) is 0 Å². The Balaban J connectivity index is 1.87. The maximum Gasteiger partial charge on any atom is 0.337 e. The summed E-state index contributed by atoms with van der Waals surface area (Å²) in [4.78, 5) is 45.9. The van der Waals surface area contributed by atoms with Crippen LogP contribution in [0.3, 0.4) is 0 Å². The smallest absolute Gasteiger partial charge is 0.337 e. The van der Waals surface area contributed by atoms with E-state index < -0.39 is 89.8 Å². The summed E-state index contributed by atoms with van der Waals surface area (Å²) in [7, 11) is -14.9. The fraction of sp³-hybridized carbons (Fsp3) is 0.0741. The van der Waals surface area contributed by atoms with Gasteiger partial charge in [-0.25, -0.2) is 4.79 Å². The Hall–Kier alpha value is -5.32. The average molecular weight is 724 g/mol. The minimum absolute atomic E-state index is 0.158. The maximum atomic E-state index is 13.5. The summed E-state index contributed by atoms with van der Waals surface area (Å²) in [5, 5.41) is 14.3. The summed E-state index contributed by atoms with van der Waals surface area (Å²) in [6, 6.07) is 8.95. The molecule has 18 nitrogen and oxygen atoms in total. The lowest BCUT2D eigenvalue weighted by atomic mass is 10.1. The van der Waals surface area contributed by atoms with E-state index in [4.69, 9.17) is 0 Å². The van der Waals surface area contributed by atoms with Crippen LogP contribution in [0.4, 0.5) is 17.1 Å². The third-order valence-corrected chi connectivity index (χ3v) is 9.28. The SMILES string of the molecule is COC(=O)c1cc(NC(=O)c2ccc(C)c([N+](=O)[O-])c2)cc(C(=O)Nc2ccc(S(=O)(=O)O)c3cc(S(=O)(=O)O)cc(S(=O)(=O)O)c23)c1. The second-order valence-electron chi connectivity index (χ2n) is 9.84. The number of benzene rings is 4. The number of amides is 2. The lowest BCUT2D eigenvalue weighted by molar-refractivity contribution is -0.385. The molecule has 0 unspecified atom stereocenters. The van der Waals surface area contributed by atoms with E-state index in [2.05, 4.69) is 15.4 Å². The molecule has 0 saturated carbocycles. The molecule has 0 fully saturated rings. The van der Waals surface area contributed by atoms with Crippen molar-refractivity contribution in [1.29, 1.82) is 0 Å². The van der Waals surface area contributed by atoms with Crippen LogP contribution in [0.5, 0.6) is 0 Å². The first-order valence-corrected chi connectivity index (χ1v) is 17.1. The fourth-order valence-corrected chi connectivity index (χ4v) is 6.53. The zero-order chi connectivity index (χ0) is 35.9. The van der Waals surface area contributed by atoms with Gasteiger partial charge in [0.05, 0.1) is 28.2 Å². The van der Waals surface area contributed by atoms with Gasteiger partial charge < -0.3 is 15.4 Å². The molecule has 0 atom stereocenters. The minimum Gasteiger partial charge on any atom is -0.465 e. The molecular weight excluding hydrogens is 703 g/mol. The van der Waals surface area contributed by atoms with Crippen LogP contribution in [0, 0.1) is 17.0 Å². The fourth-order valence-electron chi connectivity index (χ4n) is 4.49. The number of carbonyl (C=O) groups excluding carboxylic acids is 3. The van der Waals surface area contributed by atoms with Crippen molar-refractivity contribution in [3.8, 4) is 0 Å². The van der Waals surface area contributed by atoms with Gasteiger partial charge in [0.15, 0.2) is 0 Å². The molecule has 0 aromatic heterocycles. The Morgan fingerprint density at radius 3 is 1.90 bits per heavy atom. The largest absolute Gasteiger partial charge is 0.465 e. The average Bonchev–Trinajstić information content (AvgIpc) is 2.98. The van der Waals surface area contributed by atoms with Crippen molar-refractivity contribution in [2.75, 3.05) is 17.7 Å². The van der Waals surface area contributed by atoms with E-state index in [1.807, 2.05) is 0 Å². The van der Waals surface area contributed by atoms with Gasteiger partial charge in [-0.05, 0) is 55.5 Å².